The highest BCUT2D eigenvalue weighted by Crippen LogP contribution is 2.23. The van der Waals surface area contributed by atoms with Crippen LogP contribution in [0.4, 0.5) is 0 Å². The van der Waals surface area contributed by atoms with Gasteiger partial charge in [0.2, 0.25) is 0 Å². The van der Waals surface area contributed by atoms with Gasteiger partial charge in [-0.2, -0.15) is 10.2 Å². The van der Waals surface area contributed by atoms with Gasteiger partial charge in [0.25, 0.3) is 0 Å². The molecule has 1 atom stereocenters. The van der Waals surface area contributed by atoms with Crippen molar-refractivity contribution < 1.29 is 0 Å². The quantitative estimate of drug-likeness (QED) is 0.790. The lowest BCUT2D eigenvalue weighted by Gasteiger charge is -2.15. The molecule has 0 spiro atoms. The number of benzene rings is 1. The number of para-hydroxylation sites is 1. The summed E-state index contributed by atoms with van der Waals surface area (Å²) in [5.41, 5.74) is 10.7. The molecule has 6 heteroatoms. The maximum atomic E-state index is 6.40. The molecular weight excluding hydrogens is 264 g/mol. The van der Waals surface area contributed by atoms with Crippen LogP contribution in [-0.2, 0) is 0 Å². The van der Waals surface area contributed by atoms with E-state index < -0.39 is 0 Å². The average molecular weight is 280 g/mol. The Balaban J connectivity index is 2.06. The van der Waals surface area contributed by atoms with E-state index in [1.807, 2.05) is 50.2 Å². The van der Waals surface area contributed by atoms with Gasteiger partial charge in [-0.3, -0.25) is 0 Å². The van der Waals surface area contributed by atoms with Crippen LogP contribution in [0.15, 0.2) is 42.6 Å². The van der Waals surface area contributed by atoms with Crippen LogP contribution in [0.2, 0.25) is 0 Å². The molecule has 0 amide bonds. The largest absolute Gasteiger partial charge is 0.319 e. The summed E-state index contributed by atoms with van der Waals surface area (Å²) in [5.74, 6) is 0. The molecule has 0 aliphatic rings. The summed E-state index contributed by atoms with van der Waals surface area (Å²) in [4.78, 5) is 0. The van der Waals surface area contributed by atoms with E-state index in [1.54, 1.807) is 10.9 Å². The zero-order valence-corrected chi connectivity index (χ0v) is 11.9. The number of nitrogens with zero attached hydrogens (tertiary/aromatic N) is 5. The van der Waals surface area contributed by atoms with Crippen molar-refractivity contribution in [2.24, 2.45) is 5.73 Å². The Bertz CT molecular complexity index is 750. The van der Waals surface area contributed by atoms with Crippen molar-refractivity contribution in [3.63, 3.8) is 0 Å². The van der Waals surface area contributed by atoms with Crippen molar-refractivity contribution in [1.82, 2.24) is 25.2 Å². The molecule has 0 fully saturated rings. The first kappa shape index (κ1) is 13.4. The lowest BCUT2D eigenvalue weighted by molar-refractivity contribution is 0.709. The van der Waals surface area contributed by atoms with Crippen molar-refractivity contribution in [2.75, 3.05) is 0 Å². The molecule has 6 nitrogen and oxygen atoms in total. The molecule has 1 unspecified atom stereocenters. The van der Waals surface area contributed by atoms with E-state index in [0.717, 1.165) is 28.3 Å². The number of aromatic nitrogens is 5. The fourth-order valence-corrected chi connectivity index (χ4v) is 2.27. The zero-order chi connectivity index (χ0) is 14.8. The predicted octanol–water partition coefficient (Wildman–Crippen LogP) is 1.72. The van der Waals surface area contributed by atoms with Gasteiger partial charge in [0.1, 0.15) is 0 Å². The van der Waals surface area contributed by atoms with Gasteiger partial charge in [-0.25, -0.2) is 4.68 Å². The molecule has 2 aromatic heterocycles. The van der Waals surface area contributed by atoms with Gasteiger partial charge in [0.15, 0.2) is 0 Å². The summed E-state index contributed by atoms with van der Waals surface area (Å²) in [7, 11) is 0. The van der Waals surface area contributed by atoms with Gasteiger partial charge in [-0.05, 0) is 37.6 Å². The van der Waals surface area contributed by atoms with E-state index in [-0.39, 0.29) is 6.04 Å². The van der Waals surface area contributed by atoms with Gasteiger partial charge >= 0.3 is 0 Å². The molecule has 1 aromatic carbocycles. The Hall–Kier alpha value is -2.60. The Morgan fingerprint density at radius 3 is 2.62 bits per heavy atom. The fourth-order valence-electron chi connectivity index (χ4n) is 2.27. The third-order valence-corrected chi connectivity index (χ3v) is 3.37. The van der Waals surface area contributed by atoms with Crippen molar-refractivity contribution in [2.45, 2.75) is 19.9 Å². The summed E-state index contributed by atoms with van der Waals surface area (Å²) in [6.45, 7) is 3.80. The maximum absolute atomic E-state index is 6.40. The monoisotopic (exact) mass is 280 g/mol. The van der Waals surface area contributed by atoms with Crippen LogP contribution in [0.3, 0.4) is 0 Å². The van der Waals surface area contributed by atoms with Gasteiger partial charge in [-0.1, -0.05) is 23.4 Å². The van der Waals surface area contributed by atoms with Crippen LogP contribution < -0.4 is 5.73 Å². The highest BCUT2D eigenvalue weighted by atomic mass is 15.4. The average Bonchev–Trinajstić information content (AvgIpc) is 2.99. The van der Waals surface area contributed by atoms with Crippen molar-refractivity contribution in [3.05, 3.63) is 65.2 Å². The van der Waals surface area contributed by atoms with E-state index in [4.69, 9.17) is 5.73 Å². The minimum absolute atomic E-state index is 0.352. The van der Waals surface area contributed by atoms with E-state index in [2.05, 4.69) is 20.5 Å². The normalized spacial score (nSPS) is 12.3. The molecule has 0 radical (unpaired) electrons. The second-order valence-corrected chi connectivity index (χ2v) is 4.91. The minimum Gasteiger partial charge on any atom is -0.319 e. The van der Waals surface area contributed by atoms with Crippen LogP contribution in [0.25, 0.3) is 5.69 Å². The third kappa shape index (κ3) is 2.53. The molecule has 3 rings (SSSR count). The summed E-state index contributed by atoms with van der Waals surface area (Å²) in [6, 6.07) is 11.4. The van der Waals surface area contributed by atoms with Gasteiger partial charge in [-0.15, -0.1) is 5.10 Å². The molecule has 2 heterocycles. The molecule has 0 aliphatic carbocycles. The third-order valence-electron chi connectivity index (χ3n) is 3.37. The van der Waals surface area contributed by atoms with Crippen LogP contribution in [0, 0.1) is 13.8 Å². The molecule has 0 bridgehead atoms. The topological polar surface area (TPSA) is 82.5 Å². The number of hydrogen-bond donors (Lipinski definition) is 1. The minimum atomic E-state index is -0.352. The lowest BCUT2D eigenvalue weighted by atomic mass is 10.0. The maximum Gasteiger partial charge on any atom is 0.0859 e. The molecule has 0 saturated carbocycles. The molecule has 0 saturated heterocycles. The SMILES string of the molecule is Cc1cc(C(N)c2cnnn2-c2ccccc2)c(C)nn1. The Kier molecular flexibility index (Phi) is 3.45. The van der Waals surface area contributed by atoms with Gasteiger partial charge in [0.05, 0.1) is 35.0 Å². The van der Waals surface area contributed by atoms with Crippen molar-refractivity contribution in [1.29, 1.82) is 0 Å². The van der Waals surface area contributed by atoms with E-state index in [9.17, 15) is 0 Å². The first-order chi connectivity index (χ1) is 10.2. The summed E-state index contributed by atoms with van der Waals surface area (Å²) in [5, 5.41) is 16.3. The highest BCUT2D eigenvalue weighted by molar-refractivity contribution is 5.36. The van der Waals surface area contributed by atoms with Crippen LogP contribution >= 0.6 is 0 Å². The molecule has 0 aliphatic heterocycles. The molecule has 2 N–H and O–H groups in total. The molecule has 21 heavy (non-hydrogen) atoms. The second kappa shape index (κ2) is 5.41. The van der Waals surface area contributed by atoms with Crippen LogP contribution in [-0.4, -0.2) is 25.2 Å². The molecular formula is C15H16N6. The van der Waals surface area contributed by atoms with E-state index >= 15 is 0 Å². The van der Waals surface area contributed by atoms with Crippen molar-refractivity contribution >= 4 is 0 Å². The Morgan fingerprint density at radius 2 is 1.86 bits per heavy atom. The Labute approximate surface area is 122 Å². The number of aryl methyl sites for hydroxylation is 2. The summed E-state index contributed by atoms with van der Waals surface area (Å²) < 4.78 is 1.75. The smallest absolute Gasteiger partial charge is 0.0859 e. The lowest BCUT2D eigenvalue weighted by Crippen LogP contribution is -2.18. The van der Waals surface area contributed by atoms with Gasteiger partial charge < -0.3 is 5.73 Å². The van der Waals surface area contributed by atoms with E-state index in [0.29, 0.717) is 0 Å². The van der Waals surface area contributed by atoms with Crippen molar-refractivity contribution in [3.8, 4) is 5.69 Å². The first-order valence-electron chi connectivity index (χ1n) is 6.69. The Morgan fingerprint density at radius 1 is 1.10 bits per heavy atom. The standard InChI is InChI=1S/C15H16N6/c1-10-8-13(11(2)19-18-10)15(16)14-9-17-20-21(14)12-6-4-3-5-7-12/h3-9,15H,16H2,1-2H3. The number of rotatable bonds is 3. The summed E-state index contributed by atoms with van der Waals surface area (Å²) in [6.07, 6.45) is 1.69. The molecule has 3 aromatic rings. The predicted molar refractivity (Wildman–Crippen MR) is 78.9 cm³/mol. The second-order valence-electron chi connectivity index (χ2n) is 4.91. The van der Waals surface area contributed by atoms with E-state index in [1.165, 1.54) is 0 Å². The highest BCUT2D eigenvalue weighted by Gasteiger charge is 2.18. The molecule has 106 valence electrons. The fraction of sp³-hybridized carbons (Fsp3) is 0.200. The summed E-state index contributed by atoms with van der Waals surface area (Å²) >= 11 is 0. The van der Waals surface area contributed by atoms with Gasteiger partial charge in [0, 0.05) is 0 Å². The number of nitrogens with two attached hydrogens (primary N) is 1. The number of hydrogen-bond acceptors (Lipinski definition) is 5. The first-order valence-corrected chi connectivity index (χ1v) is 6.69. The zero-order valence-electron chi connectivity index (χ0n) is 11.9. The van der Waals surface area contributed by atoms with Crippen LogP contribution in [0.5, 0.6) is 0 Å². The van der Waals surface area contributed by atoms with Crippen LogP contribution in [0.1, 0.15) is 28.7 Å².